The molecule has 0 saturated carbocycles. The molecular weight excluding hydrogens is 309 g/mol. The second-order valence-corrected chi connectivity index (χ2v) is 6.17. The highest BCUT2D eigenvalue weighted by molar-refractivity contribution is 7.89. The number of sulfonamides is 1. The van der Waals surface area contributed by atoms with Crippen molar-refractivity contribution in [2.24, 2.45) is 0 Å². The lowest BCUT2D eigenvalue weighted by Gasteiger charge is -2.12. The first-order valence-electron chi connectivity index (χ1n) is 6.43. The van der Waals surface area contributed by atoms with Gasteiger partial charge in [0, 0.05) is 18.2 Å². The van der Waals surface area contributed by atoms with Crippen LogP contribution >= 0.6 is 0 Å². The molecule has 0 saturated heterocycles. The third-order valence-corrected chi connectivity index (χ3v) is 4.51. The number of hydrogen-bond donors (Lipinski definition) is 1. The van der Waals surface area contributed by atoms with Crippen LogP contribution in [0.5, 0.6) is 11.5 Å². The van der Waals surface area contributed by atoms with Gasteiger partial charge in [0.05, 0.1) is 14.2 Å². The van der Waals surface area contributed by atoms with Crippen LogP contribution in [0.3, 0.4) is 0 Å². The Morgan fingerprint density at radius 1 is 1.09 bits per heavy atom. The molecule has 0 spiro atoms. The summed E-state index contributed by atoms with van der Waals surface area (Å²) >= 11 is 0. The average molecular weight is 325 g/mol. The maximum Gasteiger partial charge on any atom is 0.243 e. The molecule has 0 fully saturated rings. The normalized spacial score (nSPS) is 11.2. The van der Waals surface area contributed by atoms with E-state index in [4.69, 9.17) is 9.47 Å². The van der Waals surface area contributed by atoms with Gasteiger partial charge in [-0.2, -0.15) is 0 Å². The smallest absolute Gasteiger partial charge is 0.243 e. The minimum absolute atomic E-state index is 0.0240. The highest BCUT2D eigenvalue weighted by Crippen LogP contribution is 2.25. The molecule has 5 nitrogen and oxygen atoms in total. The first-order chi connectivity index (χ1) is 10.5. The van der Waals surface area contributed by atoms with E-state index < -0.39 is 15.8 Å². The van der Waals surface area contributed by atoms with Gasteiger partial charge in [-0.25, -0.2) is 17.5 Å². The van der Waals surface area contributed by atoms with Crippen LogP contribution in [-0.2, 0) is 16.6 Å². The maximum absolute atomic E-state index is 13.6. The topological polar surface area (TPSA) is 64.6 Å². The van der Waals surface area contributed by atoms with Crippen LogP contribution in [0.4, 0.5) is 4.39 Å². The summed E-state index contributed by atoms with van der Waals surface area (Å²) in [7, 11) is -0.943. The molecule has 0 unspecified atom stereocenters. The Hall–Kier alpha value is -2.12. The van der Waals surface area contributed by atoms with Crippen LogP contribution in [0.25, 0.3) is 0 Å². The molecule has 118 valence electrons. The van der Waals surface area contributed by atoms with Crippen LogP contribution < -0.4 is 14.2 Å². The van der Waals surface area contributed by atoms with Crippen molar-refractivity contribution in [1.29, 1.82) is 0 Å². The van der Waals surface area contributed by atoms with Crippen molar-refractivity contribution in [2.45, 2.75) is 11.4 Å². The molecule has 2 aromatic carbocycles. The first-order valence-corrected chi connectivity index (χ1v) is 7.91. The van der Waals surface area contributed by atoms with Crippen LogP contribution in [-0.4, -0.2) is 22.6 Å². The second kappa shape index (κ2) is 6.76. The van der Waals surface area contributed by atoms with Gasteiger partial charge < -0.3 is 9.47 Å². The summed E-state index contributed by atoms with van der Waals surface area (Å²) in [5.74, 6) is 0.282. The molecule has 7 heteroatoms. The highest BCUT2D eigenvalue weighted by Gasteiger charge is 2.18. The number of rotatable bonds is 6. The minimum atomic E-state index is -3.94. The third kappa shape index (κ3) is 3.55. The van der Waals surface area contributed by atoms with Gasteiger partial charge in [-0.05, 0) is 18.2 Å². The van der Waals surface area contributed by atoms with Gasteiger partial charge in [0.2, 0.25) is 10.0 Å². The lowest BCUT2D eigenvalue weighted by Crippen LogP contribution is -2.24. The standard InChI is InChI=1S/C15H16FNO4S/c1-20-12-8-7-11(14(9-12)21-2)10-17-22(18,19)15-6-4-3-5-13(15)16/h3-9,17H,10H2,1-2H3. The zero-order valence-corrected chi connectivity index (χ0v) is 13.0. The van der Waals surface area contributed by atoms with Crippen molar-refractivity contribution in [3.05, 3.63) is 53.8 Å². The zero-order valence-electron chi connectivity index (χ0n) is 12.2. The number of methoxy groups -OCH3 is 2. The molecule has 0 aliphatic rings. The van der Waals surface area contributed by atoms with Crippen LogP contribution in [0.15, 0.2) is 47.4 Å². The van der Waals surface area contributed by atoms with E-state index in [1.807, 2.05) is 0 Å². The van der Waals surface area contributed by atoms with Crippen LogP contribution in [0.1, 0.15) is 5.56 Å². The molecule has 2 rings (SSSR count). The van der Waals surface area contributed by atoms with E-state index in [0.29, 0.717) is 17.1 Å². The molecule has 2 aromatic rings. The molecule has 0 aliphatic heterocycles. The fraction of sp³-hybridized carbons (Fsp3) is 0.200. The Kier molecular flexibility index (Phi) is 4.99. The summed E-state index contributed by atoms with van der Waals surface area (Å²) in [4.78, 5) is -0.387. The number of hydrogen-bond acceptors (Lipinski definition) is 4. The van der Waals surface area contributed by atoms with Crippen LogP contribution in [0, 0.1) is 5.82 Å². The molecule has 0 bridgehead atoms. The molecule has 0 atom stereocenters. The largest absolute Gasteiger partial charge is 0.497 e. The van der Waals surface area contributed by atoms with E-state index in [0.717, 1.165) is 6.07 Å². The van der Waals surface area contributed by atoms with Crippen molar-refractivity contribution in [1.82, 2.24) is 4.72 Å². The molecule has 0 amide bonds. The summed E-state index contributed by atoms with van der Waals surface area (Å²) < 4.78 is 50.5. The first kappa shape index (κ1) is 16.3. The van der Waals surface area contributed by atoms with E-state index in [-0.39, 0.29) is 11.4 Å². The monoisotopic (exact) mass is 325 g/mol. The maximum atomic E-state index is 13.6. The number of benzene rings is 2. The predicted octanol–water partition coefficient (Wildman–Crippen LogP) is 2.32. The van der Waals surface area contributed by atoms with E-state index in [1.54, 1.807) is 18.2 Å². The SMILES string of the molecule is COc1ccc(CNS(=O)(=O)c2ccccc2F)c(OC)c1. The van der Waals surface area contributed by atoms with E-state index in [9.17, 15) is 12.8 Å². The van der Waals surface area contributed by atoms with Crippen molar-refractivity contribution in [3.63, 3.8) is 0 Å². The quantitative estimate of drug-likeness (QED) is 0.885. The van der Waals surface area contributed by atoms with Gasteiger partial charge in [-0.1, -0.05) is 18.2 Å². The molecule has 0 aliphatic carbocycles. The molecule has 0 radical (unpaired) electrons. The van der Waals surface area contributed by atoms with Gasteiger partial charge in [-0.15, -0.1) is 0 Å². The number of halogens is 1. The molecule has 0 aromatic heterocycles. The Morgan fingerprint density at radius 3 is 2.45 bits per heavy atom. The summed E-state index contributed by atoms with van der Waals surface area (Å²) in [6, 6.07) is 10.2. The van der Waals surface area contributed by atoms with E-state index in [2.05, 4.69) is 4.72 Å². The van der Waals surface area contributed by atoms with Crippen molar-refractivity contribution < 1.29 is 22.3 Å². The summed E-state index contributed by atoms with van der Waals surface area (Å²) in [5, 5.41) is 0. The molecule has 0 heterocycles. The fourth-order valence-electron chi connectivity index (χ4n) is 1.91. The van der Waals surface area contributed by atoms with Gasteiger partial charge in [-0.3, -0.25) is 0 Å². The van der Waals surface area contributed by atoms with Crippen LogP contribution in [0.2, 0.25) is 0 Å². The molecular formula is C15H16FNO4S. The Labute approximate surface area is 128 Å². The lowest BCUT2D eigenvalue weighted by atomic mass is 10.2. The van der Waals surface area contributed by atoms with Crippen molar-refractivity contribution in [2.75, 3.05) is 14.2 Å². The summed E-state index contributed by atoms with van der Waals surface area (Å²) in [6.45, 7) is -0.0240. The predicted molar refractivity (Wildman–Crippen MR) is 80.0 cm³/mol. The molecule has 22 heavy (non-hydrogen) atoms. The van der Waals surface area contributed by atoms with Gasteiger partial charge >= 0.3 is 0 Å². The second-order valence-electron chi connectivity index (χ2n) is 4.43. The van der Waals surface area contributed by atoms with Gasteiger partial charge in [0.15, 0.2) is 0 Å². The van der Waals surface area contributed by atoms with E-state index >= 15 is 0 Å². The Bertz CT molecular complexity index is 762. The Morgan fingerprint density at radius 2 is 1.82 bits per heavy atom. The fourth-order valence-corrected chi connectivity index (χ4v) is 2.99. The summed E-state index contributed by atoms with van der Waals surface area (Å²) in [6.07, 6.45) is 0. The van der Waals surface area contributed by atoms with Crippen molar-refractivity contribution >= 4 is 10.0 Å². The number of nitrogens with one attached hydrogen (secondary N) is 1. The molecule has 1 N–H and O–H groups in total. The lowest BCUT2D eigenvalue weighted by molar-refractivity contribution is 0.390. The average Bonchev–Trinajstić information content (AvgIpc) is 2.53. The zero-order chi connectivity index (χ0) is 16.2. The van der Waals surface area contributed by atoms with Gasteiger partial charge in [0.1, 0.15) is 22.2 Å². The number of ether oxygens (including phenoxy) is 2. The van der Waals surface area contributed by atoms with E-state index in [1.165, 1.54) is 32.4 Å². The van der Waals surface area contributed by atoms with Gasteiger partial charge in [0.25, 0.3) is 0 Å². The highest BCUT2D eigenvalue weighted by atomic mass is 32.2. The summed E-state index contributed by atoms with van der Waals surface area (Å²) in [5.41, 5.74) is 0.614. The minimum Gasteiger partial charge on any atom is -0.497 e. The van der Waals surface area contributed by atoms with Crippen molar-refractivity contribution in [3.8, 4) is 11.5 Å². The third-order valence-electron chi connectivity index (χ3n) is 3.07. The Balaban J connectivity index is 2.21.